The Bertz CT molecular complexity index is 979. The van der Waals surface area contributed by atoms with Crippen molar-refractivity contribution in [3.63, 3.8) is 0 Å². The van der Waals surface area contributed by atoms with Crippen molar-refractivity contribution in [3.05, 3.63) is 48.2 Å². The first-order valence-electron chi connectivity index (χ1n) is 13.0. The maximum Gasteiger partial charge on any atom is 0.229 e. The predicted molar refractivity (Wildman–Crippen MR) is 138 cm³/mol. The Morgan fingerprint density at radius 2 is 1.86 bits per heavy atom. The Labute approximate surface area is 208 Å². The van der Waals surface area contributed by atoms with E-state index < -0.39 is 0 Å². The lowest BCUT2D eigenvalue weighted by Gasteiger charge is -2.36. The molecule has 5 rings (SSSR count). The quantitative estimate of drug-likeness (QED) is 0.656. The van der Waals surface area contributed by atoms with Crippen LogP contribution in [0.15, 0.2) is 42.6 Å². The number of hydrogen-bond acceptors (Lipinski definition) is 8. The highest BCUT2D eigenvalue weighted by atomic mass is 16.5. The van der Waals surface area contributed by atoms with Gasteiger partial charge >= 0.3 is 0 Å². The van der Waals surface area contributed by atoms with Gasteiger partial charge in [-0.25, -0.2) is 4.98 Å². The Hall–Kier alpha value is -2.68. The van der Waals surface area contributed by atoms with Gasteiger partial charge < -0.3 is 24.4 Å². The summed E-state index contributed by atoms with van der Waals surface area (Å²) in [5.74, 6) is 2.40. The van der Waals surface area contributed by atoms with Gasteiger partial charge in [0.05, 0.1) is 32.5 Å². The van der Waals surface area contributed by atoms with Gasteiger partial charge in [0.1, 0.15) is 18.2 Å². The van der Waals surface area contributed by atoms with Gasteiger partial charge in [-0.1, -0.05) is 12.2 Å². The Kier molecular flexibility index (Phi) is 8.47. The lowest BCUT2D eigenvalue weighted by Crippen LogP contribution is -2.43. The standard InChI is InChI=1S/C27H37N5O3/c1-2-14-32-24(7-1)21-34-17-6-5-16-33-20-22-19-23(29-27-28-11-10-26(32)30-27)8-9-25(22)35-18-15-31-12-3-4-13-31/h5-6,8-11,19,24H,1-4,7,12-18,20-21H2,(H,28,29,30)/b6-5+. The molecule has 8 heteroatoms. The molecule has 0 amide bonds. The van der Waals surface area contributed by atoms with Gasteiger partial charge in [0.25, 0.3) is 0 Å². The molecular formula is C27H37N5O3. The molecule has 0 saturated carbocycles. The molecule has 8 nitrogen and oxygen atoms in total. The maximum absolute atomic E-state index is 6.18. The van der Waals surface area contributed by atoms with Crippen molar-refractivity contribution in [3.8, 4) is 5.75 Å². The van der Waals surface area contributed by atoms with E-state index in [9.17, 15) is 0 Å². The van der Waals surface area contributed by atoms with E-state index in [0.717, 1.165) is 42.3 Å². The average molecular weight is 480 g/mol. The molecule has 188 valence electrons. The van der Waals surface area contributed by atoms with Crippen LogP contribution < -0.4 is 15.0 Å². The third-order valence-corrected chi connectivity index (χ3v) is 6.91. The number of hydrogen-bond donors (Lipinski definition) is 1. The number of nitrogens with one attached hydrogen (secondary N) is 1. The molecule has 1 aromatic carbocycles. The molecule has 1 unspecified atom stereocenters. The summed E-state index contributed by atoms with van der Waals surface area (Å²) in [5.41, 5.74) is 1.93. The number of rotatable bonds is 4. The van der Waals surface area contributed by atoms with Crippen LogP contribution >= 0.6 is 0 Å². The summed E-state index contributed by atoms with van der Waals surface area (Å²) in [6.45, 7) is 7.26. The molecule has 0 spiro atoms. The first-order chi connectivity index (χ1) is 17.3. The van der Waals surface area contributed by atoms with Crippen LogP contribution in [-0.2, 0) is 16.1 Å². The largest absolute Gasteiger partial charge is 0.492 e. The highest BCUT2D eigenvalue weighted by Crippen LogP contribution is 2.28. The number of ether oxygens (including phenoxy) is 3. The summed E-state index contributed by atoms with van der Waals surface area (Å²) in [5, 5.41) is 3.39. The fraction of sp³-hybridized carbons (Fsp3) is 0.556. The van der Waals surface area contributed by atoms with Crippen molar-refractivity contribution in [1.82, 2.24) is 14.9 Å². The van der Waals surface area contributed by atoms with Gasteiger partial charge in [-0.05, 0) is 69.5 Å². The summed E-state index contributed by atoms with van der Waals surface area (Å²) < 4.78 is 18.1. The number of aromatic nitrogens is 2. The van der Waals surface area contributed by atoms with E-state index in [1.54, 1.807) is 0 Å². The zero-order chi connectivity index (χ0) is 23.7. The number of fused-ring (bicyclic) bond motifs is 6. The molecule has 35 heavy (non-hydrogen) atoms. The Morgan fingerprint density at radius 1 is 1.00 bits per heavy atom. The van der Waals surface area contributed by atoms with E-state index in [1.807, 2.05) is 36.5 Å². The first-order valence-corrected chi connectivity index (χ1v) is 13.0. The van der Waals surface area contributed by atoms with Crippen molar-refractivity contribution in [2.45, 2.75) is 44.8 Å². The molecule has 3 aliphatic rings. The predicted octanol–water partition coefficient (Wildman–Crippen LogP) is 4.16. The molecule has 3 aliphatic heterocycles. The molecule has 2 fully saturated rings. The number of likely N-dealkylation sites (tertiary alicyclic amines) is 1. The van der Waals surface area contributed by atoms with Crippen molar-refractivity contribution >= 4 is 17.5 Å². The second-order valence-electron chi connectivity index (χ2n) is 9.45. The van der Waals surface area contributed by atoms with Gasteiger partial charge in [0.15, 0.2) is 0 Å². The molecule has 4 bridgehead atoms. The first kappa shape index (κ1) is 24.0. The zero-order valence-corrected chi connectivity index (χ0v) is 20.5. The molecular weight excluding hydrogens is 442 g/mol. The second-order valence-corrected chi connectivity index (χ2v) is 9.45. The third kappa shape index (κ3) is 6.72. The number of anilines is 3. The van der Waals surface area contributed by atoms with Crippen LogP contribution in [0.2, 0.25) is 0 Å². The van der Waals surface area contributed by atoms with Crippen LogP contribution in [0.3, 0.4) is 0 Å². The summed E-state index contributed by atoms with van der Waals surface area (Å²) in [7, 11) is 0. The fourth-order valence-corrected chi connectivity index (χ4v) is 5.02. The normalized spacial score (nSPS) is 22.6. The van der Waals surface area contributed by atoms with E-state index >= 15 is 0 Å². The monoisotopic (exact) mass is 479 g/mol. The van der Waals surface area contributed by atoms with E-state index in [0.29, 0.717) is 45.0 Å². The van der Waals surface area contributed by atoms with Crippen LogP contribution in [0.5, 0.6) is 5.75 Å². The van der Waals surface area contributed by atoms with Crippen LogP contribution in [0, 0.1) is 0 Å². The molecule has 2 aromatic rings. The van der Waals surface area contributed by atoms with Gasteiger partial charge in [0, 0.05) is 30.5 Å². The van der Waals surface area contributed by atoms with Crippen LogP contribution in [0.1, 0.15) is 37.7 Å². The van der Waals surface area contributed by atoms with E-state index in [-0.39, 0.29) is 0 Å². The lowest BCUT2D eigenvalue weighted by atomic mass is 10.0. The van der Waals surface area contributed by atoms with Crippen LogP contribution in [0.4, 0.5) is 17.5 Å². The van der Waals surface area contributed by atoms with Crippen molar-refractivity contribution in [1.29, 1.82) is 0 Å². The van der Waals surface area contributed by atoms with Gasteiger partial charge in [-0.2, -0.15) is 4.98 Å². The van der Waals surface area contributed by atoms with Crippen molar-refractivity contribution in [2.75, 3.05) is 62.8 Å². The van der Waals surface area contributed by atoms with Gasteiger partial charge in [-0.3, -0.25) is 4.90 Å². The zero-order valence-electron chi connectivity index (χ0n) is 20.5. The average Bonchev–Trinajstić information content (AvgIpc) is 3.40. The van der Waals surface area contributed by atoms with Crippen molar-refractivity contribution in [2.24, 2.45) is 0 Å². The van der Waals surface area contributed by atoms with Gasteiger partial charge in [-0.15, -0.1) is 0 Å². The molecule has 0 aliphatic carbocycles. The summed E-state index contributed by atoms with van der Waals surface area (Å²) in [6, 6.07) is 8.45. The lowest BCUT2D eigenvalue weighted by molar-refractivity contribution is 0.131. The molecule has 1 aromatic heterocycles. The second kappa shape index (κ2) is 12.3. The maximum atomic E-state index is 6.18. The molecule has 1 atom stereocenters. The SMILES string of the molecule is C1=C/COCC2CCCCN2c2ccnc(n2)Nc2ccc(OCCN3CCCC3)c(c2)COC/1. The number of benzene rings is 1. The molecule has 2 saturated heterocycles. The summed E-state index contributed by atoms with van der Waals surface area (Å²) in [4.78, 5) is 14.1. The smallest absolute Gasteiger partial charge is 0.229 e. The fourth-order valence-electron chi connectivity index (χ4n) is 5.02. The highest BCUT2D eigenvalue weighted by Gasteiger charge is 2.24. The van der Waals surface area contributed by atoms with Crippen LogP contribution in [-0.4, -0.2) is 73.5 Å². The topological polar surface area (TPSA) is 72.0 Å². The van der Waals surface area contributed by atoms with Gasteiger partial charge in [0.2, 0.25) is 5.95 Å². The van der Waals surface area contributed by atoms with E-state index in [2.05, 4.69) is 26.2 Å². The van der Waals surface area contributed by atoms with Crippen molar-refractivity contribution < 1.29 is 14.2 Å². The minimum atomic E-state index is 0.329. The molecule has 4 heterocycles. The summed E-state index contributed by atoms with van der Waals surface area (Å²) >= 11 is 0. The number of piperidine rings is 1. The minimum absolute atomic E-state index is 0.329. The highest BCUT2D eigenvalue weighted by molar-refractivity contribution is 5.58. The van der Waals surface area contributed by atoms with Crippen LogP contribution in [0.25, 0.3) is 0 Å². The molecule has 1 N–H and O–H groups in total. The Balaban J connectivity index is 1.34. The summed E-state index contributed by atoms with van der Waals surface area (Å²) in [6.07, 6.45) is 12.0. The van der Waals surface area contributed by atoms with E-state index in [1.165, 1.54) is 38.8 Å². The number of nitrogens with zero attached hydrogens (tertiary/aromatic N) is 4. The minimum Gasteiger partial charge on any atom is -0.492 e. The van der Waals surface area contributed by atoms with E-state index in [4.69, 9.17) is 19.2 Å². The third-order valence-electron chi connectivity index (χ3n) is 6.91. The Morgan fingerprint density at radius 3 is 2.77 bits per heavy atom. The molecule has 0 radical (unpaired) electrons.